The number of nitro benzene ring substituents is 1. The van der Waals surface area contributed by atoms with Gasteiger partial charge >= 0.3 is 0 Å². The summed E-state index contributed by atoms with van der Waals surface area (Å²) in [7, 11) is 0. The first-order valence-corrected chi connectivity index (χ1v) is 12.6. The molecule has 3 aromatic carbocycles. The number of benzene rings is 3. The number of rotatable bonds is 12. The number of carbonyl (C=O) groups excluding carboxylic acids is 2. The molecule has 0 bridgehead atoms. The molecule has 1 unspecified atom stereocenters. The van der Waals surface area contributed by atoms with Crippen molar-refractivity contribution in [2.75, 3.05) is 17.2 Å². The van der Waals surface area contributed by atoms with Crippen LogP contribution in [0.1, 0.15) is 43.5 Å². The van der Waals surface area contributed by atoms with Gasteiger partial charge < -0.3 is 15.4 Å². The summed E-state index contributed by atoms with van der Waals surface area (Å²) >= 11 is 1.40. The Hall–Kier alpha value is -3.85. The minimum atomic E-state index is -0.542. The topological polar surface area (TPSA) is 111 Å². The van der Waals surface area contributed by atoms with Gasteiger partial charge in [0.15, 0.2) is 0 Å². The van der Waals surface area contributed by atoms with Gasteiger partial charge in [-0.2, -0.15) is 0 Å². The molecule has 3 aromatic rings. The van der Waals surface area contributed by atoms with Crippen LogP contribution in [0.15, 0.2) is 77.7 Å². The molecule has 0 saturated carbocycles. The van der Waals surface area contributed by atoms with E-state index in [9.17, 15) is 19.7 Å². The molecular weight excluding hydrogens is 478 g/mol. The third kappa shape index (κ3) is 7.84. The van der Waals surface area contributed by atoms with Crippen LogP contribution in [-0.2, 0) is 4.79 Å². The molecule has 2 amide bonds. The summed E-state index contributed by atoms with van der Waals surface area (Å²) in [4.78, 5) is 36.7. The fourth-order valence-corrected chi connectivity index (χ4v) is 4.30. The van der Waals surface area contributed by atoms with Gasteiger partial charge in [0.05, 0.1) is 16.8 Å². The van der Waals surface area contributed by atoms with Gasteiger partial charge in [0.2, 0.25) is 5.91 Å². The third-order valence-corrected chi connectivity index (χ3v) is 6.60. The lowest BCUT2D eigenvalue weighted by Crippen LogP contribution is -2.24. The van der Waals surface area contributed by atoms with Crippen LogP contribution in [0, 0.1) is 10.1 Å². The molecule has 0 radical (unpaired) electrons. The Balaban J connectivity index is 1.60. The van der Waals surface area contributed by atoms with Crippen LogP contribution in [0.2, 0.25) is 0 Å². The molecule has 0 aliphatic carbocycles. The van der Waals surface area contributed by atoms with Crippen molar-refractivity contribution in [1.29, 1.82) is 0 Å². The second-order valence-electron chi connectivity index (χ2n) is 8.02. The van der Waals surface area contributed by atoms with E-state index < -0.39 is 10.8 Å². The Morgan fingerprint density at radius 3 is 2.42 bits per heavy atom. The van der Waals surface area contributed by atoms with Crippen LogP contribution >= 0.6 is 11.8 Å². The molecule has 0 aliphatic heterocycles. The van der Waals surface area contributed by atoms with Crippen LogP contribution < -0.4 is 15.4 Å². The number of nitrogens with one attached hydrogen (secondary N) is 2. The van der Waals surface area contributed by atoms with Gasteiger partial charge in [0.1, 0.15) is 5.75 Å². The smallest absolute Gasteiger partial charge is 0.270 e. The molecule has 1 atom stereocenters. The highest BCUT2D eigenvalue weighted by Crippen LogP contribution is 2.29. The molecular formula is C27H29N3O5S. The summed E-state index contributed by atoms with van der Waals surface area (Å²) in [5.41, 5.74) is 1.27. The van der Waals surface area contributed by atoms with Crippen molar-refractivity contribution in [1.82, 2.24) is 0 Å². The van der Waals surface area contributed by atoms with E-state index in [-0.39, 0.29) is 22.4 Å². The molecule has 36 heavy (non-hydrogen) atoms. The Morgan fingerprint density at radius 1 is 0.972 bits per heavy atom. The number of carbonyl (C=O) groups is 2. The van der Waals surface area contributed by atoms with E-state index in [0.29, 0.717) is 24.4 Å². The van der Waals surface area contributed by atoms with Crippen LogP contribution in [-0.4, -0.2) is 28.6 Å². The van der Waals surface area contributed by atoms with E-state index in [1.54, 1.807) is 18.2 Å². The van der Waals surface area contributed by atoms with Crippen molar-refractivity contribution in [2.45, 2.75) is 43.3 Å². The van der Waals surface area contributed by atoms with Crippen LogP contribution in [0.25, 0.3) is 0 Å². The van der Waals surface area contributed by atoms with E-state index in [4.69, 9.17) is 4.74 Å². The monoisotopic (exact) mass is 507 g/mol. The first-order chi connectivity index (χ1) is 17.4. The number of ether oxygens (including phenoxy) is 1. The van der Waals surface area contributed by atoms with Crippen molar-refractivity contribution in [2.24, 2.45) is 0 Å². The maximum atomic E-state index is 12.9. The summed E-state index contributed by atoms with van der Waals surface area (Å²) in [5.74, 6) is 0.202. The number of anilines is 2. The number of hydrogen-bond donors (Lipinski definition) is 2. The van der Waals surface area contributed by atoms with Crippen molar-refractivity contribution in [3.05, 3.63) is 88.5 Å². The zero-order chi connectivity index (χ0) is 25.9. The number of hydrogen-bond acceptors (Lipinski definition) is 6. The summed E-state index contributed by atoms with van der Waals surface area (Å²) in [6, 6.07) is 20.0. The van der Waals surface area contributed by atoms with E-state index >= 15 is 0 Å². The second-order valence-corrected chi connectivity index (χ2v) is 9.30. The van der Waals surface area contributed by atoms with Crippen LogP contribution in [0.3, 0.4) is 0 Å². The zero-order valence-corrected chi connectivity index (χ0v) is 21.0. The molecule has 2 N–H and O–H groups in total. The molecule has 0 aromatic heterocycles. The highest BCUT2D eigenvalue weighted by atomic mass is 32.2. The van der Waals surface area contributed by atoms with Gasteiger partial charge in [-0.25, -0.2) is 0 Å². The molecule has 8 nitrogen and oxygen atoms in total. The lowest BCUT2D eigenvalue weighted by Gasteiger charge is -2.16. The minimum absolute atomic E-state index is 0.117. The number of unbranched alkanes of at least 4 members (excludes halogenated alkanes) is 1. The van der Waals surface area contributed by atoms with Crippen molar-refractivity contribution < 1.29 is 19.2 Å². The largest absolute Gasteiger partial charge is 0.494 e. The number of amides is 2. The number of nitrogens with zero attached hydrogens (tertiary/aromatic N) is 1. The molecule has 0 spiro atoms. The fraction of sp³-hybridized carbons (Fsp3) is 0.259. The van der Waals surface area contributed by atoms with Crippen molar-refractivity contribution in [3.63, 3.8) is 0 Å². The first-order valence-electron chi connectivity index (χ1n) is 11.8. The molecule has 3 rings (SSSR count). The average molecular weight is 508 g/mol. The number of nitro groups is 1. The quantitative estimate of drug-likeness (QED) is 0.125. The molecule has 9 heteroatoms. The molecule has 0 fully saturated rings. The lowest BCUT2D eigenvalue weighted by atomic mass is 10.2. The van der Waals surface area contributed by atoms with Gasteiger partial charge in [-0.15, -0.1) is 11.8 Å². The zero-order valence-electron chi connectivity index (χ0n) is 20.2. The highest BCUT2D eigenvalue weighted by Gasteiger charge is 2.19. The van der Waals surface area contributed by atoms with E-state index in [1.807, 2.05) is 37.3 Å². The molecule has 0 heterocycles. The lowest BCUT2D eigenvalue weighted by molar-refractivity contribution is -0.384. The van der Waals surface area contributed by atoms with E-state index in [1.165, 1.54) is 36.0 Å². The maximum absolute atomic E-state index is 12.9. The summed E-state index contributed by atoms with van der Waals surface area (Å²) in [6.07, 6.45) is 2.67. The van der Waals surface area contributed by atoms with Gasteiger partial charge in [-0.05, 0) is 61.4 Å². The van der Waals surface area contributed by atoms with Crippen molar-refractivity contribution >= 4 is 40.6 Å². The molecule has 0 saturated heterocycles. The molecule has 188 valence electrons. The summed E-state index contributed by atoms with van der Waals surface area (Å²) in [5, 5.41) is 16.3. The molecule has 0 aliphatic rings. The predicted octanol–water partition coefficient (Wildman–Crippen LogP) is 6.54. The SMILES string of the molecule is CCCCOc1ccc(NC(=O)C(CC)Sc2cccc(NC(=O)c3cccc([N+](=O)[O-])c3)c2)cc1. The predicted molar refractivity (Wildman–Crippen MR) is 143 cm³/mol. The van der Waals surface area contributed by atoms with Crippen molar-refractivity contribution in [3.8, 4) is 5.75 Å². The average Bonchev–Trinajstić information content (AvgIpc) is 2.88. The van der Waals surface area contributed by atoms with Gasteiger partial charge in [0.25, 0.3) is 11.6 Å². The van der Waals surface area contributed by atoms with Gasteiger partial charge in [-0.3, -0.25) is 19.7 Å². The normalized spacial score (nSPS) is 11.4. The van der Waals surface area contributed by atoms with E-state index in [0.717, 1.165) is 23.5 Å². The van der Waals surface area contributed by atoms with Gasteiger partial charge in [0, 0.05) is 34.0 Å². The first kappa shape index (κ1) is 26.7. The summed E-state index contributed by atoms with van der Waals surface area (Å²) in [6.45, 7) is 4.72. The standard InChI is InChI=1S/C27H29N3O5S/c1-3-5-16-35-23-14-12-20(13-15-23)28-27(32)25(4-2)36-24-11-7-9-21(18-24)29-26(31)19-8-6-10-22(17-19)30(33)34/h6-15,17-18,25H,3-5,16H2,1-2H3,(H,28,32)(H,29,31). The summed E-state index contributed by atoms with van der Waals surface area (Å²) < 4.78 is 5.66. The van der Waals surface area contributed by atoms with E-state index in [2.05, 4.69) is 17.6 Å². The van der Waals surface area contributed by atoms with Gasteiger partial charge in [-0.1, -0.05) is 32.4 Å². The van der Waals surface area contributed by atoms with Crippen LogP contribution in [0.5, 0.6) is 5.75 Å². The Bertz CT molecular complexity index is 1200. The maximum Gasteiger partial charge on any atom is 0.270 e. The Labute approximate surface area is 214 Å². The second kappa shape index (κ2) is 13.3. The van der Waals surface area contributed by atoms with Crippen LogP contribution in [0.4, 0.5) is 17.1 Å². The Morgan fingerprint density at radius 2 is 1.72 bits per heavy atom. The highest BCUT2D eigenvalue weighted by molar-refractivity contribution is 8.00. The minimum Gasteiger partial charge on any atom is -0.494 e. The number of thioether (sulfide) groups is 1. The Kier molecular flexibility index (Phi) is 9.88. The third-order valence-electron chi connectivity index (χ3n) is 5.24. The number of non-ortho nitro benzene ring substituents is 1. The fourth-order valence-electron chi connectivity index (χ4n) is 3.29.